The highest BCUT2D eigenvalue weighted by Gasteiger charge is 2.41. The van der Waals surface area contributed by atoms with Crippen molar-refractivity contribution >= 4 is 40.9 Å². The molecule has 2 rings (SSSR count). The summed E-state index contributed by atoms with van der Waals surface area (Å²) in [6.07, 6.45) is -0.0882. The highest BCUT2D eigenvalue weighted by atomic mass is 35.5. The fourth-order valence-electron chi connectivity index (χ4n) is 2.10. The van der Waals surface area contributed by atoms with Gasteiger partial charge in [-0.2, -0.15) is 0 Å². The molecule has 1 aromatic rings. The number of anilines is 1. The number of halogens is 2. The molecule has 1 aliphatic heterocycles. The minimum absolute atomic E-state index is 0.313. The van der Waals surface area contributed by atoms with E-state index in [1.807, 2.05) is 20.8 Å². The first-order valence-corrected chi connectivity index (χ1v) is 8.08. The zero-order valence-electron chi connectivity index (χ0n) is 13.6. The number of hydrogen-bond donors (Lipinski definition) is 1. The van der Waals surface area contributed by atoms with Gasteiger partial charge in [0, 0.05) is 15.7 Å². The second kappa shape index (κ2) is 6.57. The lowest BCUT2D eigenvalue weighted by atomic mass is 10.0. The molecule has 0 fully saturated rings. The summed E-state index contributed by atoms with van der Waals surface area (Å²) in [6, 6.07) is 4.76. The van der Waals surface area contributed by atoms with Crippen LogP contribution < -0.4 is 5.32 Å². The molecule has 0 saturated carbocycles. The molecule has 23 heavy (non-hydrogen) atoms. The summed E-state index contributed by atoms with van der Waals surface area (Å²) in [5.41, 5.74) is -0.785. The first kappa shape index (κ1) is 17.9. The van der Waals surface area contributed by atoms with Crippen molar-refractivity contribution in [2.45, 2.75) is 45.3 Å². The fraction of sp³-hybridized carbons (Fsp3) is 0.500. The minimum atomic E-state index is -0.930. The maximum absolute atomic E-state index is 12.2. The fourth-order valence-corrected chi connectivity index (χ4v) is 2.62. The van der Waals surface area contributed by atoms with E-state index in [0.29, 0.717) is 34.7 Å². The average molecular weight is 359 g/mol. The lowest BCUT2D eigenvalue weighted by Crippen LogP contribution is -2.41. The van der Waals surface area contributed by atoms with Crippen LogP contribution in [0.4, 0.5) is 10.5 Å². The Labute approximate surface area is 146 Å². The molecule has 1 atom stereocenters. The van der Waals surface area contributed by atoms with Crippen LogP contribution in [0.1, 0.15) is 34.1 Å². The lowest BCUT2D eigenvalue weighted by molar-refractivity contribution is 0.0641. The number of nitrogens with zero attached hydrogens (tertiary/aromatic N) is 1. The number of benzene rings is 1. The van der Waals surface area contributed by atoms with Crippen LogP contribution in [-0.2, 0) is 9.47 Å². The van der Waals surface area contributed by atoms with Crippen molar-refractivity contribution in [1.82, 2.24) is 0 Å². The van der Waals surface area contributed by atoms with E-state index in [2.05, 4.69) is 10.3 Å². The molecule has 0 bridgehead atoms. The number of carbonyl (C=O) groups excluding carboxylic acids is 1. The van der Waals surface area contributed by atoms with E-state index in [1.54, 1.807) is 25.1 Å². The predicted octanol–water partition coefficient (Wildman–Crippen LogP) is 4.92. The predicted molar refractivity (Wildman–Crippen MR) is 92.7 cm³/mol. The smallest absolute Gasteiger partial charge is 0.412 e. The summed E-state index contributed by atoms with van der Waals surface area (Å²) < 4.78 is 11.2. The van der Waals surface area contributed by atoms with Crippen molar-refractivity contribution in [2.24, 2.45) is 4.99 Å². The van der Waals surface area contributed by atoms with E-state index in [1.165, 1.54) is 0 Å². The molecule has 1 unspecified atom stereocenters. The van der Waals surface area contributed by atoms with E-state index in [-0.39, 0.29) is 5.54 Å². The molecular formula is C16H20Cl2N2O3. The summed E-state index contributed by atoms with van der Waals surface area (Å²) in [4.78, 5) is 16.7. The Balaban J connectivity index is 2.11. The molecule has 1 aromatic carbocycles. The zero-order chi connectivity index (χ0) is 17.3. The van der Waals surface area contributed by atoms with E-state index in [0.717, 1.165) is 0 Å². The molecular weight excluding hydrogens is 339 g/mol. The minimum Gasteiger partial charge on any atom is -0.476 e. The van der Waals surface area contributed by atoms with Crippen LogP contribution in [0, 0.1) is 0 Å². The summed E-state index contributed by atoms with van der Waals surface area (Å²) in [5, 5.41) is 3.47. The van der Waals surface area contributed by atoms with Gasteiger partial charge in [0.2, 0.25) is 5.90 Å². The molecule has 0 aromatic heterocycles. The van der Waals surface area contributed by atoms with Gasteiger partial charge in [-0.1, -0.05) is 30.1 Å². The van der Waals surface area contributed by atoms with E-state index in [9.17, 15) is 4.79 Å². The van der Waals surface area contributed by atoms with Crippen LogP contribution in [0.15, 0.2) is 23.2 Å². The number of nitrogens with one attached hydrogen (secondary N) is 1. The van der Waals surface area contributed by atoms with E-state index >= 15 is 0 Å². The van der Waals surface area contributed by atoms with Gasteiger partial charge in [-0.15, -0.1) is 0 Å². The maximum atomic E-state index is 12.2. The van der Waals surface area contributed by atoms with Crippen molar-refractivity contribution < 1.29 is 14.3 Å². The normalized spacial score (nSPS) is 18.6. The van der Waals surface area contributed by atoms with Crippen molar-refractivity contribution in [1.29, 1.82) is 0 Å². The summed E-state index contributed by atoms with van der Waals surface area (Å²) in [5.74, 6) is 0.435. The van der Waals surface area contributed by atoms with Gasteiger partial charge < -0.3 is 9.47 Å². The molecule has 1 heterocycles. The van der Waals surface area contributed by atoms with Crippen LogP contribution in [0.5, 0.6) is 0 Å². The summed E-state index contributed by atoms with van der Waals surface area (Å²) >= 11 is 11.8. The van der Waals surface area contributed by atoms with Crippen molar-refractivity contribution in [3.05, 3.63) is 28.2 Å². The Morgan fingerprint density at radius 1 is 1.39 bits per heavy atom. The van der Waals surface area contributed by atoms with Crippen LogP contribution >= 0.6 is 23.2 Å². The van der Waals surface area contributed by atoms with Crippen LogP contribution in [-0.4, -0.2) is 29.7 Å². The maximum Gasteiger partial charge on any atom is 0.412 e. The Kier molecular flexibility index (Phi) is 5.11. The Hall–Kier alpha value is -1.46. The number of amides is 1. The third-order valence-corrected chi connectivity index (χ3v) is 3.96. The lowest BCUT2D eigenvalue weighted by Gasteiger charge is -2.27. The second-order valence-corrected chi connectivity index (χ2v) is 7.15. The number of hydrogen-bond acceptors (Lipinski definition) is 4. The molecule has 5 nitrogen and oxygen atoms in total. The highest BCUT2D eigenvalue weighted by Crippen LogP contribution is 2.28. The first-order valence-electron chi connectivity index (χ1n) is 7.33. The molecule has 0 aliphatic carbocycles. The standard InChI is InChI=1S/C16H20Cl2N2O3/c1-5-16(4,13-20-15(2,3)9-22-13)23-14(21)19-12-7-10(17)6-11(18)8-12/h6-8H,5,9H2,1-4H3,(H,19,21). The largest absolute Gasteiger partial charge is 0.476 e. The van der Waals surface area contributed by atoms with Gasteiger partial charge in [0.25, 0.3) is 0 Å². The van der Waals surface area contributed by atoms with Crippen molar-refractivity contribution in [3.8, 4) is 0 Å². The third-order valence-electron chi connectivity index (χ3n) is 3.52. The van der Waals surface area contributed by atoms with Crippen LogP contribution in [0.3, 0.4) is 0 Å². The molecule has 1 N–H and O–H groups in total. The van der Waals surface area contributed by atoms with Gasteiger partial charge in [0.15, 0.2) is 5.60 Å². The average Bonchev–Trinajstić information content (AvgIpc) is 2.78. The molecule has 0 radical (unpaired) electrons. The molecule has 0 spiro atoms. The van der Waals surface area contributed by atoms with Crippen LogP contribution in [0.2, 0.25) is 10.0 Å². The Morgan fingerprint density at radius 3 is 2.48 bits per heavy atom. The van der Waals surface area contributed by atoms with Gasteiger partial charge in [-0.25, -0.2) is 9.79 Å². The highest BCUT2D eigenvalue weighted by molar-refractivity contribution is 6.35. The van der Waals surface area contributed by atoms with Gasteiger partial charge in [-0.05, 0) is 45.4 Å². The molecule has 1 aliphatic rings. The second-order valence-electron chi connectivity index (χ2n) is 6.28. The first-order chi connectivity index (χ1) is 10.6. The van der Waals surface area contributed by atoms with E-state index in [4.69, 9.17) is 32.7 Å². The monoisotopic (exact) mass is 358 g/mol. The van der Waals surface area contributed by atoms with Crippen molar-refractivity contribution in [2.75, 3.05) is 11.9 Å². The Bertz CT molecular complexity index is 626. The van der Waals surface area contributed by atoms with Gasteiger partial charge >= 0.3 is 6.09 Å². The molecule has 126 valence electrons. The Morgan fingerprint density at radius 2 is 2.00 bits per heavy atom. The quantitative estimate of drug-likeness (QED) is 0.830. The van der Waals surface area contributed by atoms with E-state index < -0.39 is 11.7 Å². The number of aliphatic imine (C=N–C) groups is 1. The topological polar surface area (TPSA) is 59.9 Å². The molecule has 1 amide bonds. The van der Waals surface area contributed by atoms with Crippen LogP contribution in [0.25, 0.3) is 0 Å². The summed E-state index contributed by atoms with van der Waals surface area (Å²) in [7, 11) is 0. The summed E-state index contributed by atoms with van der Waals surface area (Å²) in [6.45, 7) is 8.07. The van der Waals surface area contributed by atoms with Crippen molar-refractivity contribution in [3.63, 3.8) is 0 Å². The number of ether oxygens (including phenoxy) is 2. The van der Waals surface area contributed by atoms with Gasteiger partial charge in [0.1, 0.15) is 6.61 Å². The number of rotatable bonds is 4. The molecule has 0 saturated heterocycles. The molecule has 7 heteroatoms. The zero-order valence-corrected chi connectivity index (χ0v) is 15.1. The number of carbonyl (C=O) groups is 1. The van der Waals surface area contributed by atoms with Gasteiger partial charge in [0.05, 0.1) is 5.54 Å². The SMILES string of the molecule is CCC(C)(OC(=O)Nc1cc(Cl)cc(Cl)c1)C1=NC(C)(C)CO1. The van der Waals surface area contributed by atoms with Gasteiger partial charge in [-0.3, -0.25) is 5.32 Å². The third kappa shape index (κ3) is 4.52.